The normalized spacial score (nSPS) is 16.1. The molecule has 1 fully saturated rings. The summed E-state index contributed by atoms with van der Waals surface area (Å²) < 4.78 is 21.4. The van der Waals surface area contributed by atoms with Crippen LogP contribution in [0.3, 0.4) is 0 Å². The van der Waals surface area contributed by atoms with E-state index < -0.39 is 0 Å². The predicted molar refractivity (Wildman–Crippen MR) is 115 cm³/mol. The van der Waals surface area contributed by atoms with Crippen LogP contribution >= 0.6 is 11.8 Å². The molecule has 0 unspecified atom stereocenters. The van der Waals surface area contributed by atoms with Crippen molar-refractivity contribution >= 4 is 34.6 Å². The van der Waals surface area contributed by atoms with E-state index >= 15 is 0 Å². The minimum absolute atomic E-state index is 0.228. The van der Waals surface area contributed by atoms with E-state index in [1.54, 1.807) is 46.6 Å². The van der Waals surface area contributed by atoms with E-state index in [0.29, 0.717) is 38.8 Å². The zero-order valence-electron chi connectivity index (χ0n) is 16.9. The number of amides is 1. The Hall–Kier alpha value is -3.13. The number of ether oxygens (including phenoxy) is 4. The molecule has 7 nitrogen and oxygen atoms in total. The Balaban J connectivity index is 1.93. The smallest absolute Gasteiger partial charge is 0.264 e. The van der Waals surface area contributed by atoms with Gasteiger partial charge in [-0.1, -0.05) is 6.07 Å². The van der Waals surface area contributed by atoms with Crippen LogP contribution in [0.4, 0.5) is 5.69 Å². The number of nitrogens with one attached hydrogen (secondary N) is 1. The summed E-state index contributed by atoms with van der Waals surface area (Å²) >= 11 is 1.25. The number of carbonyl (C=O) groups is 1. The average molecular weight is 414 g/mol. The fraction of sp³-hybridized carbons (Fsp3) is 0.238. The van der Waals surface area contributed by atoms with Crippen molar-refractivity contribution in [2.24, 2.45) is 4.99 Å². The minimum Gasteiger partial charge on any atom is -0.494 e. The number of amidine groups is 1. The standard InChI is InChI=1S/C21H22N2O5S/c1-12-6-7-15(25-2)14(8-12)22-21-23-20(24)18(29-21)11-13-9-16(26-3)19(28-5)17(10-13)27-4/h6-11H,1-5H3,(H,22,23,24)/b18-11-. The van der Waals surface area contributed by atoms with Crippen molar-refractivity contribution in [1.82, 2.24) is 5.32 Å². The van der Waals surface area contributed by atoms with E-state index in [-0.39, 0.29) is 5.91 Å². The van der Waals surface area contributed by atoms with Gasteiger partial charge < -0.3 is 24.3 Å². The first-order valence-electron chi connectivity index (χ1n) is 8.73. The first-order valence-corrected chi connectivity index (χ1v) is 9.55. The summed E-state index contributed by atoms with van der Waals surface area (Å²) in [6.45, 7) is 1.97. The third kappa shape index (κ3) is 4.48. The second-order valence-corrected chi connectivity index (χ2v) is 7.15. The van der Waals surface area contributed by atoms with Gasteiger partial charge in [-0.15, -0.1) is 0 Å². The van der Waals surface area contributed by atoms with Gasteiger partial charge in [-0.25, -0.2) is 4.99 Å². The summed E-state index contributed by atoms with van der Waals surface area (Å²) in [7, 11) is 6.22. The van der Waals surface area contributed by atoms with Gasteiger partial charge in [0.25, 0.3) is 5.91 Å². The van der Waals surface area contributed by atoms with E-state index in [0.717, 1.165) is 11.1 Å². The fourth-order valence-electron chi connectivity index (χ4n) is 2.81. The maximum atomic E-state index is 12.4. The Bertz CT molecular complexity index is 976. The number of aryl methyl sites for hydroxylation is 1. The highest BCUT2D eigenvalue weighted by Gasteiger charge is 2.25. The lowest BCUT2D eigenvalue weighted by Gasteiger charge is -2.12. The molecular formula is C21H22N2O5S. The molecule has 29 heavy (non-hydrogen) atoms. The first kappa shape index (κ1) is 20.6. The largest absolute Gasteiger partial charge is 0.494 e. The number of aliphatic imine (C=N–C) groups is 1. The number of nitrogens with zero attached hydrogens (tertiary/aromatic N) is 1. The van der Waals surface area contributed by atoms with Crippen LogP contribution in [-0.2, 0) is 4.79 Å². The van der Waals surface area contributed by atoms with E-state index in [9.17, 15) is 4.79 Å². The molecule has 0 saturated carbocycles. The van der Waals surface area contributed by atoms with Crippen molar-refractivity contribution in [3.05, 3.63) is 46.4 Å². The lowest BCUT2D eigenvalue weighted by atomic mass is 10.1. The van der Waals surface area contributed by atoms with Gasteiger partial charge >= 0.3 is 0 Å². The van der Waals surface area contributed by atoms with Crippen LogP contribution in [0, 0.1) is 6.92 Å². The monoisotopic (exact) mass is 414 g/mol. The molecule has 152 valence electrons. The number of hydrogen-bond acceptors (Lipinski definition) is 7. The van der Waals surface area contributed by atoms with Crippen molar-refractivity contribution in [2.75, 3.05) is 28.4 Å². The van der Waals surface area contributed by atoms with Crippen molar-refractivity contribution in [1.29, 1.82) is 0 Å². The summed E-state index contributed by atoms with van der Waals surface area (Å²) in [5, 5.41) is 3.27. The number of carbonyl (C=O) groups excluding carboxylic acids is 1. The number of benzene rings is 2. The third-order valence-electron chi connectivity index (χ3n) is 4.19. The number of thioether (sulfide) groups is 1. The van der Waals surface area contributed by atoms with Crippen LogP contribution in [0.15, 0.2) is 40.2 Å². The molecule has 1 heterocycles. The van der Waals surface area contributed by atoms with Gasteiger partial charge in [-0.2, -0.15) is 0 Å². The zero-order valence-corrected chi connectivity index (χ0v) is 17.7. The average Bonchev–Trinajstić information content (AvgIpc) is 3.05. The highest BCUT2D eigenvalue weighted by Crippen LogP contribution is 2.40. The molecule has 1 aliphatic heterocycles. The zero-order chi connectivity index (χ0) is 21.0. The molecule has 0 radical (unpaired) electrons. The molecule has 1 aliphatic rings. The molecule has 1 N–H and O–H groups in total. The maximum Gasteiger partial charge on any atom is 0.264 e. The van der Waals surface area contributed by atoms with Gasteiger partial charge in [0.05, 0.1) is 33.3 Å². The molecule has 0 spiro atoms. The maximum absolute atomic E-state index is 12.4. The van der Waals surface area contributed by atoms with Crippen LogP contribution < -0.4 is 24.3 Å². The van der Waals surface area contributed by atoms with Gasteiger partial charge in [0.1, 0.15) is 11.4 Å². The summed E-state index contributed by atoms with van der Waals surface area (Å²) in [4.78, 5) is 17.5. The summed E-state index contributed by atoms with van der Waals surface area (Å²) in [6, 6.07) is 9.25. The third-order valence-corrected chi connectivity index (χ3v) is 5.10. The van der Waals surface area contributed by atoms with Gasteiger partial charge in [-0.3, -0.25) is 4.79 Å². The van der Waals surface area contributed by atoms with E-state index in [1.807, 2.05) is 25.1 Å². The van der Waals surface area contributed by atoms with Crippen molar-refractivity contribution in [2.45, 2.75) is 6.92 Å². The quantitative estimate of drug-likeness (QED) is 0.722. The Morgan fingerprint density at radius 3 is 2.17 bits per heavy atom. The SMILES string of the molecule is COc1ccc(C)cc1N=C1NC(=O)/C(=C/c2cc(OC)c(OC)c(OC)c2)S1. The molecule has 0 atom stereocenters. The van der Waals surface area contributed by atoms with Crippen molar-refractivity contribution in [3.8, 4) is 23.0 Å². The van der Waals surface area contributed by atoms with Gasteiger partial charge in [0.2, 0.25) is 5.75 Å². The molecule has 8 heteroatoms. The van der Waals surface area contributed by atoms with E-state index in [4.69, 9.17) is 18.9 Å². The molecule has 0 aromatic heterocycles. The van der Waals surface area contributed by atoms with Crippen LogP contribution in [-0.4, -0.2) is 39.5 Å². The van der Waals surface area contributed by atoms with Gasteiger partial charge in [0, 0.05) is 0 Å². The summed E-state index contributed by atoms with van der Waals surface area (Å²) in [5.41, 5.74) is 2.45. The topological polar surface area (TPSA) is 78.4 Å². The van der Waals surface area contributed by atoms with Crippen LogP contribution in [0.5, 0.6) is 23.0 Å². The molecule has 2 aromatic carbocycles. The summed E-state index contributed by atoms with van der Waals surface area (Å²) in [5.74, 6) is 1.93. The Morgan fingerprint density at radius 2 is 1.59 bits per heavy atom. The van der Waals surface area contributed by atoms with Gasteiger partial charge in [0.15, 0.2) is 16.7 Å². The molecule has 3 rings (SSSR count). The van der Waals surface area contributed by atoms with Crippen molar-refractivity contribution in [3.63, 3.8) is 0 Å². The van der Waals surface area contributed by atoms with E-state index in [1.165, 1.54) is 11.8 Å². The van der Waals surface area contributed by atoms with Gasteiger partial charge in [-0.05, 0) is 60.2 Å². The second kappa shape index (κ2) is 8.91. The number of rotatable bonds is 6. The highest BCUT2D eigenvalue weighted by atomic mass is 32.2. The number of methoxy groups -OCH3 is 4. The Morgan fingerprint density at radius 1 is 0.931 bits per heavy atom. The molecule has 2 aromatic rings. The van der Waals surface area contributed by atoms with Crippen LogP contribution in [0.25, 0.3) is 6.08 Å². The molecule has 0 aliphatic carbocycles. The predicted octanol–water partition coefficient (Wildman–Crippen LogP) is 3.92. The number of hydrogen-bond donors (Lipinski definition) is 1. The molecule has 1 saturated heterocycles. The van der Waals surface area contributed by atoms with E-state index in [2.05, 4.69) is 10.3 Å². The van der Waals surface area contributed by atoms with Crippen LogP contribution in [0.2, 0.25) is 0 Å². The van der Waals surface area contributed by atoms with Crippen LogP contribution in [0.1, 0.15) is 11.1 Å². The summed E-state index contributed by atoms with van der Waals surface area (Å²) in [6.07, 6.45) is 1.75. The lowest BCUT2D eigenvalue weighted by Crippen LogP contribution is -2.19. The first-order chi connectivity index (χ1) is 14.0. The second-order valence-electron chi connectivity index (χ2n) is 6.12. The fourth-order valence-corrected chi connectivity index (χ4v) is 3.65. The minimum atomic E-state index is -0.228. The highest BCUT2D eigenvalue weighted by molar-refractivity contribution is 8.18. The lowest BCUT2D eigenvalue weighted by molar-refractivity contribution is -0.115. The molecule has 1 amide bonds. The Labute approximate surface area is 173 Å². The molecular weight excluding hydrogens is 392 g/mol. The molecule has 0 bridgehead atoms. The Kier molecular flexibility index (Phi) is 6.33. The van der Waals surface area contributed by atoms with Crippen molar-refractivity contribution < 1.29 is 23.7 Å².